The van der Waals surface area contributed by atoms with Crippen molar-refractivity contribution in [3.63, 3.8) is 0 Å². The molecule has 1 heterocycles. The van der Waals surface area contributed by atoms with Crippen molar-refractivity contribution in [1.82, 2.24) is 0 Å². The molecule has 1 aliphatic rings. The van der Waals surface area contributed by atoms with E-state index in [1.807, 2.05) is 24.3 Å². The third kappa shape index (κ3) is 3.82. The molecule has 0 aliphatic carbocycles. The second-order valence-electron chi connectivity index (χ2n) is 4.89. The average molecular weight is 277 g/mol. The summed E-state index contributed by atoms with van der Waals surface area (Å²) in [7, 11) is 0. The van der Waals surface area contributed by atoms with Crippen LogP contribution in [0.25, 0.3) is 0 Å². The molecule has 20 heavy (non-hydrogen) atoms. The normalized spacial score (nSPS) is 23.9. The molecule has 1 aliphatic heterocycles. The number of aliphatic hydroxyl groups excluding tert-OH is 2. The highest BCUT2D eigenvalue weighted by atomic mass is 16.6. The topological polar surface area (TPSA) is 78.8 Å². The summed E-state index contributed by atoms with van der Waals surface area (Å²) in [6.07, 6.45) is 2.65. The molecule has 1 saturated heterocycles. The summed E-state index contributed by atoms with van der Waals surface area (Å²) in [5, 5.41) is 21.5. The monoisotopic (exact) mass is 277 g/mol. The quantitative estimate of drug-likeness (QED) is 0.557. The van der Waals surface area contributed by atoms with Crippen molar-refractivity contribution in [1.29, 1.82) is 0 Å². The Hall–Kier alpha value is -1.85. The summed E-state index contributed by atoms with van der Waals surface area (Å²) in [6.45, 7) is 1.65. The van der Waals surface area contributed by atoms with Crippen molar-refractivity contribution < 1.29 is 19.7 Å². The molecule has 3 N–H and O–H groups in total. The van der Waals surface area contributed by atoms with Gasteiger partial charge in [-0.1, -0.05) is 18.2 Å². The van der Waals surface area contributed by atoms with Crippen LogP contribution in [0.15, 0.2) is 36.4 Å². The number of rotatable bonds is 5. The molecule has 0 aromatic heterocycles. The Morgan fingerprint density at radius 2 is 2.15 bits per heavy atom. The van der Waals surface area contributed by atoms with Gasteiger partial charge in [-0.25, -0.2) is 0 Å². The number of ether oxygens (including phenoxy) is 1. The van der Waals surface area contributed by atoms with Gasteiger partial charge in [0.05, 0.1) is 25.2 Å². The Labute approximate surface area is 117 Å². The summed E-state index contributed by atoms with van der Waals surface area (Å²) < 4.78 is 5.20. The second-order valence-corrected chi connectivity index (χ2v) is 4.89. The minimum absolute atomic E-state index is 0.00502. The zero-order valence-corrected chi connectivity index (χ0v) is 11.3. The molecule has 0 spiro atoms. The summed E-state index contributed by atoms with van der Waals surface area (Å²) in [6, 6.07) is 7.19. The van der Waals surface area contributed by atoms with Gasteiger partial charge in [-0.15, -0.1) is 0 Å². The highest BCUT2D eigenvalue weighted by Crippen LogP contribution is 2.21. The van der Waals surface area contributed by atoms with Gasteiger partial charge in [-0.2, -0.15) is 0 Å². The Morgan fingerprint density at radius 1 is 1.45 bits per heavy atom. The summed E-state index contributed by atoms with van der Waals surface area (Å²) in [5.41, 5.74) is 1.70. The van der Waals surface area contributed by atoms with E-state index in [4.69, 9.17) is 9.84 Å². The van der Waals surface area contributed by atoms with E-state index in [-0.39, 0.29) is 31.1 Å². The second kappa shape index (κ2) is 6.54. The van der Waals surface area contributed by atoms with Crippen LogP contribution in [0.4, 0.5) is 5.69 Å². The van der Waals surface area contributed by atoms with Crippen LogP contribution in [-0.2, 0) is 16.1 Å². The van der Waals surface area contributed by atoms with Gasteiger partial charge < -0.3 is 20.3 Å². The first-order valence-electron chi connectivity index (χ1n) is 6.60. The van der Waals surface area contributed by atoms with Gasteiger partial charge in [0.1, 0.15) is 6.10 Å². The van der Waals surface area contributed by atoms with Crippen LogP contribution >= 0.6 is 0 Å². The molecule has 1 aromatic carbocycles. The third-order valence-corrected chi connectivity index (χ3v) is 3.12. The maximum atomic E-state index is 11.4. The van der Waals surface area contributed by atoms with Gasteiger partial charge in [-0.05, 0) is 30.7 Å². The number of benzene rings is 1. The van der Waals surface area contributed by atoms with Gasteiger partial charge >= 0.3 is 5.97 Å². The van der Waals surface area contributed by atoms with E-state index in [1.165, 1.54) is 0 Å². The first-order chi connectivity index (χ1) is 9.58. The van der Waals surface area contributed by atoms with Crippen LogP contribution in [0.3, 0.4) is 0 Å². The van der Waals surface area contributed by atoms with Gasteiger partial charge in [0.25, 0.3) is 0 Å². The van der Waals surface area contributed by atoms with Gasteiger partial charge in [0, 0.05) is 5.69 Å². The van der Waals surface area contributed by atoms with E-state index in [0.29, 0.717) is 0 Å². The van der Waals surface area contributed by atoms with Crippen molar-refractivity contribution in [2.45, 2.75) is 38.2 Å². The molecule has 108 valence electrons. The first-order valence-corrected chi connectivity index (χ1v) is 6.60. The van der Waals surface area contributed by atoms with Crippen LogP contribution in [0.5, 0.6) is 0 Å². The van der Waals surface area contributed by atoms with Crippen molar-refractivity contribution in [3.05, 3.63) is 42.0 Å². The average Bonchev–Trinajstić information content (AvgIpc) is 2.77. The minimum Gasteiger partial charge on any atom is -0.456 e. The lowest BCUT2D eigenvalue weighted by Gasteiger charge is -2.17. The van der Waals surface area contributed by atoms with Crippen LogP contribution < -0.4 is 5.32 Å². The van der Waals surface area contributed by atoms with Crippen molar-refractivity contribution >= 4 is 11.7 Å². The number of aliphatic hydroxyl groups is 2. The van der Waals surface area contributed by atoms with Crippen LogP contribution in [-0.4, -0.2) is 34.4 Å². The van der Waals surface area contributed by atoms with E-state index >= 15 is 0 Å². The lowest BCUT2D eigenvalue weighted by atomic mass is 10.1. The molecule has 1 aromatic rings. The SMILES string of the molecule is CC(O)/C=C/C1OC(=O)CC1Nc1ccc(CO)cc1. The number of carbonyl (C=O) groups is 1. The number of anilines is 1. The summed E-state index contributed by atoms with van der Waals surface area (Å²) >= 11 is 0. The lowest BCUT2D eigenvalue weighted by Crippen LogP contribution is -2.27. The molecular formula is C15H19NO4. The van der Waals surface area contributed by atoms with Gasteiger partial charge in [0.2, 0.25) is 0 Å². The fourth-order valence-corrected chi connectivity index (χ4v) is 2.08. The Balaban J connectivity index is 2.03. The predicted octanol–water partition coefficient (Wildman–Crippen LogP) is 1.21. The molecular weight excluding hydrogens is 258 g/mol. The van der Waals surface area contributed by atoms with Crippen LogP contribution in [0.2, 0.25) is 0 Å². The van der Waals surface area contributed by atoms with E-state index in [2.05, 4.69) is 5.32 Å². The number of carbonyl (C=O) groups excluding carboxylic acids is 1. The highest BCUT2D eigenvalue weighted by Gasteiger charge is 2.32. The molecule has 0 radical (unpaired) electrons. The van der Waals surface area contributed by atoms with E-state index in [1.54, 1.807) is 19.1 Å². The van der Waals surface area contributed by atoms with Crippen molar-refractivity contribution in [3.8, 4) is 0 Å². The molecule has 0 amide bonds. The van der Waals surface area contributed by atoms with Crippen molar-refractivity contribution in [2.24, 2.45) is 0 Å². The molecule has 5 nitrogen and oxygen atoms in total. The van der Waals surface area contributed by atoms with E-state index in [9.17, 15) is 9.90 Å². The fourth-order valence-electron chi connectivity index (χ4n) is 2.08. The zero-order chi connectivity index (χ0) is 14.5. The molecule has 0 saturated carbocycles. The maximum absolute atomic E-state index is 11.4. The molecule has 3 atom stereocenters. The summed E-state index contributed by atoms with van der Waals surface area (Å²) in [5.74, 6) is -0.255. The Bertz CT molecular complexity index is 481. The number of cyclic esters (lactones) is 1. The molecule has 0 bridgehead atoms. The first kappa shape index (κ1) is 14.6. The third-order valence-electron chi connectivity index (χ3n) is 3.12. The predicted molar refractivity (Wildman–Crippen MR) is 75.1 cm³/mol. The zero-order valence-electron chi connectivity index (χ0n) is 11.3. The minimum atomic E-state index is -0.571. The van der Waals surface area contributed by atoms with E-state index < -0.39 is 6.10 Å². The fraction of sp³-hybridized carbons (Fsp3) is 0.400. The number of nitrogens with one attached hydrogen (secondary N) is 1. The van der Waals surface area contributed by atoms with Crippen molar-refractivity contribution in [2.75, 3.05) is 5.32 Å². The standard InChI is InChI=1S/C15H19NO4/c1-10(18)2-7-14-13(8-15(19)20-14)16-12-5-3-11(9-17)4-6-12/h2-7,10,13-14,16-18H,8-9H2,1H3/b7-2+. The molecule has 5 heteroatoms. The lowest BCUT2D eigenvalue weighted by molar-refractivity contribution is -0.140. The molecule has 3 unspecified atom stereocenters. The Morgan fingerprint density at radius 3 is 2.75 bits per heavy atom. The summed E-state index contributed by atoms with van der Waals surface area (Å²) in [4.78, 5) is 11.4. The van der Waals surface area contributed by atoms with Crippen LogP contribution in [0, 0.1) is 0 Å². The maximum Gasteiger partial charge on any atom is 0.308 e. The van der Waals surface area contributed by atoms with Crippen LogP contribution in [0.1, 0.15) is 18.9 Å². The molecule has 2 rings (SSSR count). The van der Waals surface area contributed by atoms with Gasteiger partial charge in [0.15, 0.2) is 0 Å². The smallest absolute Gasteiger partial charge is 0.308 e. The largest absolute Gasteiger partial charge is 0.456 e. The van der Waals surface area contributed by atoms with Gasteiger partial charge in [-0.3, -0.25) is 4.79 Å². The Kier molecular flexibility index (Phi) is 4.76. The number of hydrogen-bond acceptors (Lipinski definition) is 5. The number of esters is 1. The molecule has 1 fully saturated rings. The van der Waals surface area contributed by atoms with E-state index in [0.717, 1.165) is 11.3 Å². The number of hydrogen-bond donors (Lipinski definition) is 3. The highest BCUT2D eigenvalue weighted by molar-refractivity contribution is 5.74.